The summed E-state index contributed by atoms with van der Waals surface area (Å²) in [7, 11) is 1.52. The van der Waals surface area contributed by atoms with Crippen molar-refractivity contribution in [2.75, 3.05) is 13.7 Å². The number of nitrogens with one attached hydrogen (secondary N) is 3. The van der Waals surface area contributed by atoms with E-state index >= 15 is 0 Å². The van der Waals surface area contributed by atoms with E-state index in [1.807, 2.05) is 12.1 Å². The van der Waals surface area contributed by atoms with Gasteiger partial charge in [0.15, 0.2) is 0 Å². The maximum absolute atomic E-state index is 13.4. The predicted molar refractivity (Wildman–Crippen MR) is 130 cm³/mol. The zero-order valence-corrected chi connectivity index (χ0v) is 20.3. The standard InChI is InChI=1S/C27H22N4O7/c1-37-15-4-2-14-11-31(22(33)16(14)8-15)12-26(10-20(32)28-23(26)34)19-9-17-18(38-19)5-3-13-6-7-27(21(13)17)24(35)29-25(36)30-27/h2-5,8-9H,6-7,10-12H2,1H3,(H,28,32,34)(H2,29,30,35,36)/t26-,27?/m1/s1. The lowest BCUT2D eigenvalue weighted by molar-refractivity contribution is -0.127. The number of hydrogen-bond acceptors (Lipinski definition) is 7. The first kappa shape index (κ1) is 22.5. The maximum atomic E-state index is 13.4. The summed E-state index contributed by atoms with van der Waals surface area (Å²) in [4.78, 5) is 65.6. The molecule has 2 fully saturated rings. The molecule has 4 aliphatic rings. The fraction of sp³-hybridized carbons (Fsp3) is 0.296. The number of hydrogen-bond donors (Lipinski definition) is 3. The Labute approximate surface area is 215 Å². The number of imide groups is 2. The van der Waals surface area contributed by atoms with E-state index in [1.165, 1.54) is 12.0 Å². The second-order valence-electron chi connectivity index (χ2n) is 10.3. The fourth-order valence-electron chi connectivity index (χ4n) is 6.37. The lowest BCUT2D eigenvalue weighted by Gasteiger charge is -2.28. The van der Waals surface area contributed by atoms with Gasteiger partial charge in [0, 0.05) is 29.6 Å². The average Bonchev–Trinajstić information content (AvgIpc) is 3.67. The Hall–Kier alpha value is -4.67. The van der Waals surface area contributed by atoms with E-state index in [2.05, 4.69) is 16.0 Å². The summed E-state index contributed by atoms with van der Waals surface area (Å²) >= 11 is 0. The summed E-state index contributed by atoms with van der Waals surface area (Å²) in [6.07, 6.45) is 0.779. The van der Waals surface area contributed by atoms with Crippen LogP contribution in [0.2, 0.25) is 0 Å². The number of carbonyl (C=O) groups excluding carboxylic acids is 5. The highest BCUT2D eigenvalue weighted by atomic mass is 16.5. The molecule has 1 spiro atoms. The molecule has 7 rings (SSSR count). The highest BCUT2D eigenvalue weighted by molar-refractivity contribution is 6.11. The van der Waals surface area contributed by atoms with Gasteiger partial charge in [-0.15, -0.1) is 0 Å². The van der Waals surface area contributed by atoms with E-state index in [4.69, 9.17) is 9.15 Å². The van der Waals surface area contributed by atoms with Crippen LogP contribution in [0.1, 0.15) is 45.7 Å². The van der Waals surface area contributed by atoms with Crippen molar-refractivity contribution in [2.45, 2.75) is 36.8 Å². The van der Waals surface area contributed by atoms with Gasteiger partial charge < -0.3 is 19.4 Å². The molecule has 2 atom stereocenters. The van der Waals surface area contributed by atoms with Crippen LogP contribution in [-0.2, 0) is 38.3 Å². The molecule has 0 saturated carbocycles. The molecular weight excluding hydrogens is 492 g/mol. The average molecular weight is 514 g/mol. The Morgan fingerprint density at radius 1 is 1.00 bits per heavy atom. The third-order valence-electron chi connectivity index (χ3n) is 8.20. The molecule has 1 aliphatic carbocycles. The van der Waals surface area contributed by atoms with Crippen LogP contribution in [0.15, 0.2) is 40.8 Å². The number of benzene rings is 2. The van der Waals surface area contributed by atoms with Crippen LogP contribution in [0.4, 0.5) is 4.79 Å². The predicted octanol–water partition coefficient (Wildman–Crippen LogP) is 1.36. The smallest absolute Gasteiger partial charge is 0.322 e. The van der Waals surface area contributed by atoms with E-state index in [-0.39, 0.29) is 31.2 Å². The minimum Gasteiger partial charge on any atom is -0.497 e. The fourth-order valence-corrected chi connectivity index (χ4v) is 6.37. The van der Waals surface area contributed by atoms with Gasteiger partial charge in [0.05, 0.1) is 13.5 Å². The van der Waals surface area contributed by atoms with Gasteiger partial charge in [-0.25, -0.2) is 4.79 Å². The van der Waals surface area contributed by atoms with E-state index < -0.39 is 34.7 Å². The monoisotopic (exact) mass is 514 g/mol. The third kappa shape index (κ3) is 2.86. The number of amides is 6. The number of urea groups is 1. The van der Waals surface area contributed by atoms with E-state index in [0.717, 1.165) is 11.1 Å². The van der Waals surface area contributed by atoms with Gasteiger partial charge in [0.2, 0.25) is 11.8 Å². The van der Waals surface area contributed by atoms with Gasteiger partial charge in [-0.3, -0.25) is 29.8 Å². The molecule has 3 aliphatic heterocycles. The molecule has 1 unspecified atom stereocenters. The van der Waals surface area contributed by atoms with E-state index in [9.17, 15) is 24.0 Å². The number of carbonyl (C=O) groups is 5. The van der Waals surface area contributed by atoms with Crippen LogP contribution in [0, 0.1) is 0 Å². The van der Waals surface area contributed by atoms with Crippen molar-refractivity contribution in [2.24, 2.45) is 0 Å². The molecule has 0 bridgehead atoms. The highest BCUT2D eigenvalue weighted by Crippen LogP contribution is 2.46. The van der Waals surface area contributed by atoms with Gasteiger partial charge in [0.25, 0.3) is 11.8 Å². The van der Waals surface area contributed by atoms with Crippen LogP contribution in [0.25, 0.3) is 11.0 Å². The second-order valence-corrected chi connectivity index (χ2v) is 10.3. The molecule has 11 heteroatoms. The lowest BCUT2D eigenvalue weighted by Crippen LogP contribution is -2.46. The summed E-state index contributed by atoms with van der Waals surface area (Å²) in [6, 6.07) is 9.95. The zero-order valence-electron chi connectivity index (χ0n) is 20.3. The van der Waals surface area contributed by atoms with Gasteiger partial charge in [0.1, 0.15) is 28.0 Å². The minimum atomic E-state index is -1.46. The highest BCUT2D eigenvalue weighted by Gasteiger charge is 2.55. The Bertz CT molecular complexity index is 1640. The Morgan fingerprint density at radius 2 is 1.82 bits per heavy atom. The quantitative estimate of drug-likeness (QED) is 0.352. The normalized spacial score (nSPS) is 25.7. The number of fused-ring (bicyclic) bond motifs is 5. The maximum Gasteiger partial charge on any atom is 0.322 e. The Balaban J connectivity index is 1.33. The molecule has 11 nitrogen and oxygen atoms in total. The Kier molecular flexibility index (Phi) is 4.41. The van der Waals surface area contributed by atoms with Crippen molar-refractivity contribution >= 4 is 40.6 Å². The van der Waals surface area contributed by atoms with Gasteiger partial charge in [-0.1, -0.05) is 12.1 Å². The molecule has 1 aromatic heterocycles. The first-order valence-electron chi connectivity index (χ1n) is 12.2. The molecule has 38 heavy (non-hydrogen) atoms. The van der Waals surface area contributed by atoms with Gasteiger partial charge in [-0.05, 0) is 48.2 Å². The molecule has 3 aromatic rings. The van der Waals surface area contributed by atoms with Crippen LogP contribution in [0.3, 0.4) is 0 Å². The molecular formula is C27H22N4O7. The summed E-state index contributed by atoms with van der Waals surface area (Å²) in [5.41, 5.74) is 0.533. The zero-order chi connectivity index (χ0) is 26.4. The SMILES string of the molecule is COc1ccc2c(c1)C(=O)N(C[C@@]1(c3cc4c5c(ccc4o3)CCC53NC(=O)NC3=O)CC(=O)NC1=O)C2. The van der Waals surface area contributed by atoms with Crippen molar-refractivity contribution in [1.82, 2.24) is 20.9 Å². The second kappa shape index (κ2) is 7.44. The van der Waals surface area contributed by atoms with Gasteiger partial charge in [-0.2, -0.15) is 0 Å². The number of aryl methyl sites for hydroxylation is 1. The van der Waals surface area contributed by atoms with Crippen molar-refractivity contribution in [1.29, 1.82) is 0 Å². The van der Waals surface area contributed by atoms with E-state index in [0.29, 0.717) is 40.7 Å². The molecule has 6 amide bonds. The number of nitrogens with zero attached hydrogens (tertiary/aromatic N) is 1. The third-order valence-corrected chi connectivity index (χ3v) is 8.20. The van der Waals surface area contributed by atoms with Crippen molar-refractivity contribution in [3.8, 4) is 5.75 Å². The van der Waals surface area contributed by atoms with E-state index in [1.54, 1.807) is 24.3 Å². The largest absolute Gasteiger partial charge is 0.497 e. The molecule has 2 aromatic carbocycles. The topological polar surface area (TPSA) is 147 Å². The van der Waals surface area contributed by atoms with Crippen LogP contribution in [-0.4, -0.2) is 48.2 Å². The molecule has 2 saturated heterocycles. The van der Waals surface area contributed by atoms with Crippen LogP contribution in [0.5, 0.6) is 5.75 Å². The summed E-state index contributed by atoms with van der Waals surface area (Å²) in [5, 5.41) is 8.06. The molecule has 3 N–H and O–H groups in total. The minimum absolute atomic E-state index is 0.0786. The number of furan rings is 1. The molecule has 4 heterocycles. The van der Waals surface area contributed by atoms with Crippen molar-refractivity contribution < 1.29 is 33.1 Å². The molecule has 0 radical (unpaired) electrons. The number of rotatable bonds is 4. The summed E-state index contributed by atoms with van der Waals surface area (Å²) < 4.78 is 11.5. The van der Waals surface area contributed by atoms with Gasteiger partial charge >= 0.3 is 6.03 Å². The first-order chi connectivity index (χ1) is 18.2. The number of ether oxygens (including phenoxy) is 1. The Morgan fingerprint density at radius 3 is 2.53 bits per heavy atom. The number of methoxy groups -OCH3 is 1. The van der Waals surface area contributed by atoms with Crippen molar-refractivity contribution in [3.63, 3.8) is 0 Å². The summed E-state index contributed by atoms with van der Waals surface area (Å²) in [5.74, 6) is -0.961. The summed E-state index contributed by atoms with van der Waals surface area (Å²) in [6.45, 7) is 0.192. The van der Waals surface area contributed by atoms with Crippen LogP contribution < -0.4 is 20.7 Å². The van der Waals surface area contributed by atoms with Crippen LogP contribution >= 0.6 is 0 Å². The molecule has 192 valence electrons. The lowest BCUT2D eigenvalue weighted by atomic mass is 9.82. The van der Waals surface area contributed by atoms with Crippen molar-refractivity contribution in [3.05, 3.63) is 64.4 Å². The first-order valence-corrected chi connectivity index (χ1v) is 12.2.